The molecule has 20 heavy (non-hydrogen) atoms. The van der Waals surface area contributed by atoms with Crippen LogP contribution in [0.4, 0.5) is 0 Å². The Morgan fingerprint density at radius 2 is 1.80 bits per heavy atom. The van der Waals surface area contributed by atoms with E-state index in [1.165, 1.54) is 11.8 Å². The molecule has 0 aromatic heterocycles. The van der Waals surface area contributed by atoms with Crippen molar-refractivity contribution in [2.24, 2.45) is 0 Å². The van der Waals surface area contributed by atoms with Crippen molar-refractivity contribution in [1.29, 1.82) is 10.5 Å². The highest BCUT2D eigenvalue weighted by Gasteiger charge is 2.13. The molecule has 0 bridgehead atoms. The molecule has 0 aliphatic carbocycles. The van der Waals surface area contributed by atoms with Crippen LogP contribution in [-0.2, 0) is 4.79 Å². The summed E-state index contributed by atoms with van der Waals surface area (Å²) < 4.78 is 0. The van der Waals surface area contributed by atoms with Crippen molar-refractivity contribution in [3.8, 4) is 12.1 Å². The van der Waals surface area contributed by atoms with Gasteiger partial charge in [0.1, 0.15) is 0 Å². The second-order valence-corrected chi connectivity index (χ2v) is 5.34. The minimum absolute atomic E-state index is 0.0829. The lowest BCUT2D eigenvalue weighted by Gasteiger charge is -2.20. The van der Waals surface area contributed by atoms with E-state index in [4.69, 9.17) is 22.1 Å². The topological polar surface area (TPSA) is 67.9 Å². The zero-order valence-electron chi connectivity index (χ0n) is 10.9. The van der Waals surface area contributed by atoms with Crippen molar-refractivity contribution >= 4 is 29.3 Å². The Bertz CT molecular complexity index is 518. The normalized spacial score (nSPS) is 9.55. The molecular formula is C14H14ClN3OS. The fraction of sp³-hybridized carbons (Fsp3) is 0.357. The van der Waals surface area contributed by atoms with E-state index in [2.05, 4.69) is 0 Å². The summed E-state index contributed by atoms with van der Waals surface area (Å²) in [6, 6.07) is 11.3. The third-order valence-electron chi connectivity index (χ3n) is 2.53. The molecule has 6 heteroatoms. The van der Waals surface area contributed by atoms with Crippen molar-refractivity contribution in [3.05, 3.63) is 29.3 Å². The number of hydrogen-bond acceptors (Lipinski definition) is 4. The third kappa shape index (κ3) is 5.52. The number of nitrogens with zero attached hydrogens (tertiary/aromatic N) is 3. The second kappa shape index (κ2) is 9.25. The Balaban J connectivity index is 2.55. The van der Waals surface area contributed by atoms with Crippen LogP contribution in [0.15, 0.2) is 29.2 Å². The number of thioether (sulfide) groups is 1. The predicted octanol–water partition coefficient (Wildman–Crippen LogP) is 3.09. The Kier molecular flexibility index (Phi) is 7.57. The molecule has 0 aliphatic rings. The molecule has 104 valence electrons. The van der Waals surface area contributed by atoms with Crippen molar-refractivity contribution in [3.63, 3.8) is 0 Å². The largest absolute Gasteiger partial charge is 0.340 e. The van der Waals surface area contributed by atoms with Gasteiger partial charge in [-0.2, -0.15) is 10.5 Å². The van der Waals surface area contributed by atoms with Crippen LogP contribution >= 0.6 is 23.4 Å². The van der Waals surface area contributed by atoms with Gasteiger partial charge in [-0.05, 0) is 12.1 Å². The smallest absolute Gasteiger partial charge is 0.232 e. The molecule has 1 aromatic carbocycles. The lowest BCUT2D eigenvalue weighted by Crippen LogP contribution is -2.34. The van der Waals surface area contributed by atoms with Crippen LogP contribution in [-0.4, -0.2) is 29.6 Å². The summed E-state index contributed by atoms with van der Waals surface area (Å²) in [5.74, 6) is 0.168. The standard InChI is InChI=1S/C14H14ClN3OS/c15-12-5-1-2-6-13(12)20-11-14(19)18(9-3-7-16)10-4-8-17/h1-2,5-6H,3-4,9-11H2. The van der Waals surface area contributed by atoms with Gasteiger partial charge < -0.3 is 4.90 Å². The average molecular weight is 308 g/mol. The van der Waals surface area contributed by atoms with Crippen molar-refractivity contribution in [1.82, 2.24) is 4.90 Å². The number of carbonyl (C=O) groups is 1. The van der Waals surface area contributed by atoms with E-state index in [0.717, 1.165) is 4.90 Å². The molecule has 1 amide bonds. The van der Waals surface area contributed by atoms with Crippen LogP contribution in [0, 0.1) is 22.7 Å². The Labute approximate surface area is 127 Å². The third-order valence-corrected chi connectivity index (χ3v) is 4.03. The second-order valence-electron chi connectivity index (χ2n) is 3.92. The Morgan fingerprint density at radius 1 is 1.20 bits per heavy atom. The molecule has 0 spiro atoms. The zero-order chi connectivity index (χ0) is 14.8. The van der Waals surface area contributed by atoms with Gasteiger partial charge >= 0.3 is 0 Å². The first kappa shape index (κ1) is 16.4. The van der Waals surface area contributed by atoms with Gasteiger partial charge in [-0.3, -0.25) is 4.79 Å². The van der Waals surface area contributed by atoms with Gasteiger partial charge in [0, 0.05) is 18.0 Å². The number of amides is 1. The predicted molar refractivity (Wildman–Crippen MR) is 79.2 cm³/mol. The van der Waals surface area contributed by atoms with E-state index in [0.29, 0.717) is 18.1 Å². The van der Waals surface area contributed by atoms with Crippen LogP contribution in [0.3, 0.4) is 0 Å². The molecule has 1 rings (SSSR count). The van der Waals surface area contributed by atoms with Crippen molar-refractivity contribution in [2.45, 2.75) is 17.7 Å². The van der Waals surface area contributed by atoms with Crippen molar-refractivity contribution in [2.75, 3.05) is 18.8 Å². The summed E-state index contributed by atoms with van der Waals surface area (Å²) in [6.07, 6.45) is 0.544. The summed E-state index contributed by atoms with van der Waals surface area (Å²) in [7, 11) is 0. The fourth-order valence-corrected chi connectivity index (χ4v) is 2.67. The number of benzene rings is 1. The van der Waals surface area contributed by atoms with E-state index in [-0.39, 0.29) is 24.5 Å². The van der Waals surface area contributed by atoms with Gasteiger partial charge in [-0.25, -0.2) is 0 Å². The monoisotopic (exact) mass is 307 g/mol. The molecule has 0 unspecified atom stereocenters. The summed E-state index contributed by atoms with van der Waals surface area (Å²) in [6.45, 7) is 0.722. The summed E-state index contributed by atoms with van der Waals surface area (Å²) in [5, 5.41) is 17.8. The van der Waals surface area contributed by atoms with E-state index < -0.39 is 0 Å². The molecule has 4 nitrogen and oxygen atoms in total. The number of carbonyl (C=O) groups excluding carboxylic acids is 1. The lowest BCUT2D eigenvalue weighted by molar-refractivity contribution is -0.128. The van der Waals surface area contributed by atoms with Crippen LogP contribution in [0.5, 0.6) is 0 Å². The van der Waals surface area contributed by atoms with Gasteiger partial charge in [0.15, 0.2) is 0 Å². The number of nitriles is 2. The summed E-state index contributed by atoms with van der Waals surface area (Å²) in [5.41, 5.74) is 0. The number of hydrogen-bond donors (Lipinski definition) is 0. The average Bonchev–Trinajstić information content (AvgIpc) is 2.46. The maximum atomic E-state index is 12.1. The van der Waals surface area contributed by atoms with Gasteiger partial charge in [-0.15, -0.1) is 11.8 Å². The SMILES string of the molecule is N#CCCN(CCC#N)C(=O)CSc1ccccc1Cl. The first-order valence-electron chi connectivity index (χ1n) is 6.08. The van der Waals surface area contributed by atoms with E-state index in [9.17, 15) is 4.79 Å². The Hall–Kier alpha value is -1.69. The molecule has 0 aliphatic heterocycles. The lowest BCUT2D eigenvalue weighted by atomic mass is 10.3. The zero-order valence-corrected chi connectivity index (χ0v) is 12.5. The maximum absolute atomic E-state index is 12.1. The molecular weight excluding hydrogens is 294 g/mol. The number of rotatable bonds is 7. The first-order chi connectivity index (χ1) is 9.69. The molecule has 0 heterocycles. The molecule has 0 radical (unpaired) electrons. The molecule has 0 atom stereocenters. The summed E-state index contributed by atoms with van der Waals surface area (Å²) in [4.78, 5) is 14.5. The van der Waals surface area contributed by atoms with Crippen molar-refractivity contribution < 1.29 is 4.79 Å². The summed E-state index contributed by atoms with van der Waals surface area (Å²) >= 11 is 7.38. The van der Waals surface area contributed by atoms with Crippen LogP contribution in [0.25, 0.3) is 0 Å². The van der Waals surface area contributed by atoms with E-state index >= 15 is 0 Å². The quantitative estimate of drug-likeness (QED) is 0.726. The van der Waals surface area contributed by atoms with Gasteiger partial charge in [0.05, 0.1) is 35.8 Å². The van der Waals surface area contributed by atoms with Gasteiger partial charge in [0.25, 0.3) is 0 Å². The Morgan fingerprint density at radius 3 is 2.35 bits per heavy atom. The van der Waals surface area contributed by atoms with Gasteiger partial charge in [-0.1, -0.05) is 23.7 Å². The highest BCUT2D eigenvalue weighted by molar-refractivity contribution is 8.00. The molecule has 1 aromatic rings. The minimum Gasteiger partial charge on any atom is -0.340 e. The molecule has 0 fully saturated rings. The first-order valence-corrected chi connectivity index (χ1v) is 7.44. The van der Waals surface area contributed by atoms with E-state index in [1.807, 2.05) is 30.3 Å². The van der Waals surface area contributed by atoms with E-state index in [1.54, 1.807) is 11.0 Å². The van der Waals surface area contributed by atoms with Crippen LogP contribution in [0.1, 0.15) is 12.8 Å². The fourth-order valence-electron chi connectivity index (χ4n) is 1.52. The van der Waals surface area contributed by atoms with Gasteiger partial charge in [0.2, 0.25) is 5.91 Å². The van der Waals surface area contributed by atoms with Crippen LogP contribution in [0.2, 0.25) is 5.02 Å². The highest BCUT2D eigenvalue weighted by atomic mass is 35.5. The molecule has 0 saturated heterocycles. The minimum atomic E-state index is -0.0829. The van der Waals surface area contributed by atoms with Crippen LogP contribution < -0.4 is 0 Å². The molecule has 0 saturated carbocycles. The maximum Gasteiger partial charge on any atom is 0.232 e. The molecule has 0 N–H and O–H groups in total. The number of halogens is 1. The highest BCUT2D eigenvalue weighted by Crippen LogP contribution is 2.26.